The zero-order valence-electron chi connectivity index (χ0n) is 11.2. The summed E-state index contributed by atoms with van der Waals surface area (Å²) < 4.78 is 0. The standard InChI is InChI=1S/C12H21N5O/c1-12(2,3)11-16-8(13)7-10(17-11)15-6-4-5-9(14)18/h7H,4-6H2,1-3H3,(H2,14,18)(H3,13,15,16,17). The first-order valence-corrected chi connectivity index (χ1v) is 5.96. The van der Waals surface area contributed by atoms with Crippen molar-refractivity contribution in [3.8, 4) is 0 Å². The van der Waals surface area contributed by atoms with E-state index < -0.39 is 0 Å². The van der Waals surface area contributed by atoms with Crippen LogP contribution in [0.25, 0.3) is 0 Å². The monoisotopic (exact) mass is 251 g/mol. The average Bonchev–Trinajstić information content (AvgIpc) is 2.22. The van der Waals surface area contributed by atoms with Crippen molar-refractivity contribution in [1.29, 1.82) is 0 Å². The first-order valence-electron chi connectivity index (χ1n) is 5.96. The summed E-state index contributed by atoms with van der Waals surface area (Å²) in [6.07, 6.45) is 1.03. The molecule has 100 valence electrons. The maximum atomic E-state index is 10.6. The highest BCUT2D eigenvalue weighted by Crippen LogP contribution is 2.21. The van der Waals surface area contributed by atoms with E-state index in [9.17, 15) is 4.79 Å². The number of nitrogens with two attached hydrogens (primary N) is 2. The zero-order valence-corrected chi connectivity index (χ0v) is 11.2. The van der Waals surface area contributed by atoms with Crippen LogP contribution in [-0.4, -0.2) is 22.4 Å². The summed E-state index contributed by atoms with van der Waals surface area (Å²) in [5.74, 6) is 1.51. The molecule has 5 N–H and O–H groups in total. The van der Waals surface area contributed by atoms with Gasteiger partial charge >= 0.3 is 0 Å². The molecule has 0 aliphatic heterocycles. The van der Waals surface area contributed by atoms with E-state index in [2.05, 4.69) is 15.3 Å². The summed E-state index contributed by atoms with van der Waals surface area (Å²) in [6.45, 7) is 6.71. The molecule has 6 nitrogen and oxygen atoms in total. The fourth-order valence-corrected chi connectivity index (χ4v) is 1.37. The van der Waals surface area contributed by atoms with Crippen LogP contribution in [0, 0.1) is 0 Å². The van der Waals surface area contributed by atoms with Gasteiger partial charge in [-0.2, -0.15) is 0 Å². The van der Waals surface area contributed by atoms with Crippen LogP contribution >= 0.6 is 0 Å². The minimum absolute atomic E-state index is 0.154. The lowest BCUT2D eigenvalue weighted by Crippen LogP contribution is -2.19. The molecule has 0 radical (unpaired) electrons. The lowest BCUT2D eigenvalue weighted by molar-refractivity contribution is -0.118. The molecule has 0 spiro atoms. The number of hydrogen-bond donors (Lipinski definition) is 3. The maximum absolute atomic E-state index is 10.6. The molecular weight excluding hydrogens is 230 g/mol. The van der Waals surface area contributed by atoms with Crippen LogP contribution in [0.1, 0.15) is 39.4 Å². The van der Waals surface area contributed by atoms with Gasteiger partial charge in [0.05, 0.1) is 0 Å². The number of aromatic nitrogens is 2. The number of primary amides is 1. The Labute approximate surface area is 107 Å². The van der Waals surface area contributed by atoms with Crippen LogP contribution in [0.3, 0.4) is 0 Å². The molecule has 6 heteroatoms. The molecular formula is C12H21N5O. The lowest BCUT2D eigenvalue weighted by Gasteiger charge is -2.18. The van der Waals surface area contributed by atoms with E-state index >= 15 is 0 Å². The molecule has 0 bridgehead atoms. The minimum atomic E-state index is -0.297. The normalized spacial score (nSPS) is 11.3. The fraction of sp³-hybridized carbons (Fsp3) is 0.583. The zero-order chi connectivity index (χ0) is 13.8. The number of carbonyl (C=O) groups is 1. The first kappa shape index (κ1) is 14.2. The highest BCUT2D eigenvalue weighted by Gasteiger charge is 2.18. The van der Waals surface area contributed by atoms with Crippen LogP contribution < -0.4 is 16.8 Å². The summed E-state index contributed by atoms with van der Waals surface area (Å²) in [6, 6.07) is 1.68. The molecule has 0 atom stereocenters. The van der Waals surface area contributed by atoms with Gasteiger partial charge in [0.1, 0.15) is 17.5 Å². The third-order valence-corrected chi connectivity index (χ3v) is 2.32. The molecule has 0 aromatic carbocycles. The Morgan fingerprint density at radius 1 is 1.39 bits per heavy atom. The number of nitrogens with zero attached hydrogens (tertiary/aromatic N) is 2. The van der Waals surface area contributed by atoms with Crippen molar-refractivity contribution in [2.24, 2.45) is 5.73 Å². The van der Waals surface area contributed by atoms with Crippen molar-refractivity contribution < 1.29 is 4.79 Å². The number of nitrogen functional groups attached to an aromatic ring is 1. The molecule has 1 rings (SSSR count). The molecule has 0 fully saturated rings. The van der Waals surface area contributed by atoms with Crippen molar-refractivity contribution in [1.82, 2.24) is 9.97 Å². The molecule has 1 amide bonds. The molecule has 0 aliphatic rings. The van der Waals surface area contributed by atoms with Crippen molar-refractivity contribution in [3.63, 3.8) is 0 Å². The van der Waals surface area contributed by atoms with E-state index in [1.165, 1.54) is 0 Å². The molecule has 1 aromatic rings. The first-order chi connectivity index (χ1) is 8.29. The molecule has 18 heavy (non-hydrogen) atoms. The highest BCUT2D eigenvalue weighted by molar-refractivity contribution is 5.73. The van der Waals surface area contributed by atoms with E-state index in [0.29, 0.717) is 36.8 Å². The van der Waals surface area contributed by atoms with Crippen LogP contribution in [0.5, 0.6) is 0 Å². The molecule has 0 saturated carbocycles. The Morgan fingerprint density at radius 2 is 2.06 bits per heavy atom. The Bertz CT molecular complexity index is 425. The number of amides is 1. The Kier molecular flexibility index (Phi) is 4.47. The van der Waals surface area contributed by atoms with E-state index in [4.69, 9.17) is 11.5 Å². The van der Waals surface area contributed by atoms with Gasteiger partial charge in [-0.15, -0.1) is 0 Å². The van der Waals surface area contributed by atoms with Gasteiger partial charge in [-0.3, -0.25) is 4.79 Å². The van der Waals surface area contributed by atoms with Crippen LogP contribution in [-0.2, 0) is 10.2 Å². The van der Waals surface area contributed by atoms with Gasteiger partial charge in [0, 0.05) is 24.4 Å². The Hall–Kier alpha value is -1.85. The molecule has 1 aromatic heterocycles. The third-order valence-electron chi connectivity index (χ3n) is 2.32. The molecule has 0 saturated heterocycles. The topological polar surface area (TPSA) is 107 Å². The van der Waals surface area contributed by atoms with E-state index in [1.807, 2.05) is 20.8 Å². The van der Waals surface area contributed by atoms with Crippen LogP contribution in [0.4, 0.5) is 11.6 Å². The Morgan fingerprint density at radius 3 is 2.61 bits per heavy atom. The number of rotatable bonds is 5. The van der Waals surface area contributed by atoms with Gasteiger partial charge < -0.3 is 16.8 Å². The van der Waals surface area contributed by atoms with Gasteiger partial charge in [-0.25, -0.2) is 9.97 Å². The van der Waals surface area contributed by atoms with Crippen LogP contribution in [0.15, 0.2) is 6.07 Å². The maximum Gasteiger partial charge on any atom is 0.217 e. The van der Waals surface area contributed by atoms with Crippen molar-refractivity contribution in [2.45, 2.75) is 39.0 Å². The molecule has 0 aliphatic carbocycles. The van der Waals surface area contributed by atoms with Crippen molar-refractivity contribution in [2.75, 3.05) is 17.6 Å². The van der Waals surface area contributed by atoms with E-state index in [1.54, 1.807) is 6.07 Å². The summed E-state index contributed by atoms with van der Waals surface area (Å²) in [5, 5.41) is 3.11. The largest absolute Gasteiger partial charge is 0.384 e. The molecule has 1 heterocycles. The highest BCUT2D eigenvalue weighted by atomic mass is 16.1. The van der Waals surface area contributed by atoms with Gasteiger partial charge in [0.2, 0.25) is 5.91 Å². The number of nitrogens with one attached hydrogen (secondary N) is 1. The number of carbonyl (C=O) groups excluding carboxylic acids is 1. The van der Waals surface area contributed by atoms with E-state index in [-0.39, 0.29) is 11.3 Å². The van der Waals surface area contributed by atoms with Gasteiger partial charge in [-0.1, -0.05) is 20.8 Å². The summed E-state index contributed by atoms with van der Waals surface area (Å²) in [5.41, 5.74) is 10.7. The quantitative estimate of drug-likeness (QED) is 0.678. The average molecular weight is 251 g/mol. The van der Waals surface area contributed by atoms with E-state index in [0.717, 1.165) is 0 Å². The van der Waals surface area contributed by atoms with Crippen molar-refractivity contribution in [3.05, 3.63) is 11.9 Å². The van der Waals surface area contributed by atoms with Gasteiger partial charge in [0.15, 0.2) is 0 Å². The SMILES string of the molecule is CC(C)(C)c1nc(N)cc(NCCCC(N)=O)n1. The lowest BCUT2D eigenvalue weighted by atomic mass is 9.96. The minimum Gasteiger partial charge on any atom is -0.384 e. The summed E-state index contributed by atoms with van der Waals surface area (Å²) in [7, 11) is 0. The second-order valence-corrected chi connectivity index (χ2v) is 5.25. The summed E-state index contributed by atoms with van der Waals surface area (Å²) in [4.78, 5) is 19.2. The van der Waals surface area contributed by atoms with Crippen molar-refractivity contribution >= 4 is 17.5 Å². The predicted octanol–water partition coefficient (Wildman–Crippen LogP) is 1.03. The van der Waals surface area contributed by atoms with Gasteiger partial charge in [-0.05, 0) is 6.42 Å². The third kappa shape index (κ3) is 4.57. The van der Waals surface area contributed by atoms with Gasteiger partial charge in [0.25, 0.3) is 0 Å². The second kappa shape index (κ2) is 5.66. The summed E-state index contributed by atoms with van der Waals surface area (Å²) >= 11 is 0. The number of hydrogen-bond acceptors (Lipinski definition) is 5. The Balaban J connectivity index is 2.66. The second-order valence-electron chi connectivity index (χ2n) is 5.25. The predicted molar refractivity (Wildman–Crippen MR) is 72.1 cm³/mol. The fourth-order valence-electron chi connectivity index (χ4n) is 1.37. The smallest absolute Gasteiger partial charge is 0.217 e. The van der Waals surface area contributed by atoms with Crippen LogP contribution in [0.2, 0.25) is 0 Å². The number of anilines is 2. The molecule has 0 unspecified atom stereocenters.